The number of nitrogens with two attached hydrogens (primary N) is 1. The second-order valence-electron chi connectivity index (χ2n) is 6.70. The van der Waals surface area contributed by atoms with Gasteiger partial charge in [0.1, 0.15) is 0 Å². The molecule has 0 bridgehead atoms. The molecule has 29 heavy (non-hydrogen) atoms. The van der Waals surface area contributed by atoms with Crippen LogP contribution in [0.3, 0.4) is 0 Å². The standard InChI is InChI=1S/C22H34N2OS2.C2H6/c1-5-22(12-7-6-10-21-11-8-9-18(2)15-21)24(20(4)25)13-14-26-17-27-16-19(3)23;1-2/h7-9,11-12,15-16,22H,5-6,10,13-14,17,23H2,1-4H3;1-2H3/b12-7+,19-16-;. The topological polar surface area (TPSA) is 46.3 Å². The van der Waals surface area contributed by atoms with Crippen molar-refractivity contribution in [1.29, 1.82) is 0 Å². The number of hydrogen-bond acceptors (Lipinski definition) is 4. The zero-order valence-corrected chi connectivity index (χ0v) is 20.7. The van der Waals surface area contributed by atoms with Gasteiger partial charge >= 0.3 is 0 Å². The van der Waals surface area contributed by atoms with Gasteiger partial charge in [-0.15, -0.1) is 23.5 Å². The molecule has 164 valence electrons. The Kier molecular flexibility index (Phi) is 16.7. The third kappa shape index (κ3) is 13.5. The second-order valence-corrected chi connectivity index (χ2v) is 9.03. The average Bonchev–Trinajstić information content (AvgIpc) is 2.69. The van der Waals surface area contributed by atoms with Crippen LogP contribution >= 0.6 is 23.5 Å². The molecule has 0 saturated heterocycles. The van der Waals surface area contributed by atoms with Gasteiger partial charge in [0.25, 0.3) is 0 Å². The van der Waals surface area contributed by atoms with Crippen molar-refractivity contribution < 1.29 is 4.79 Å². The average molecular weight is 437 g/mol. The van der Waals surface area contributed by atoms with Gasteiger partial charge in [0.15, 0.2) is 0 Å². The third-order valence-electron chi connectivity index (χ3n) is 4.16. The van der Waals surface area contributed by atoms with E-state index in [1.54, 1.807) is 18.7 Å². The van der Waals surface area contributed by atoms with Gasteiger partial charge in [-0.05, 0) is 44.1 Å². The fourth-order valence-electron chi connectivity index (χ4n) is 2.82. The minimum absolute atomic E-state index is 0.149. The van der Waals surface area contributed by atoms with Crippen molar-refractivity contribution in [3.63, 3.8) is 0 Å². The summed E-state index contributed by atoms with van der Waals surface area (Å²) in [6.45, 7) is 12.6. The smallest absolute Gasteiger partial charge is 0.219 e. The van der Waals surface area contributed by atoms with E-state index in [4.69, 9.17) is 5.73 Å². The van der Waals surface area contributed by atoms with Gasteiger partial charge in [-0.1, -0.05) is 62.8 Å². The van der Waals surface area contributed by atoms with E-state index >= 15 is 0 Å². The van der Waals surface area contributed by atoms with Crippen LogP contribution in [0.1, 0.15) is 58.6 Å². The maximum absolute atomic E-state index is 12.1. The van der Waals surface area contributed by atoms with Gasteiger partial charge in [-0.3, -0.25) is 4.79 Å². The number of benzene rings is 1. The molecule has 0 aliphatic carbocycles. The normalized spacial score (nSPS) is 12.4. The SMILES string of the molecule is CC.CCC(/C=C/CCc1cccc(C)c1)N(CCSCS/C=C(/C)N)C(C)=O. The molecule has 1 aromatic rings. The van der Waals surface area contributed by atoms with Gasteiger partial charge < -0.3 is 10.6 Å². The van der Waals surface area contributed by atoms with Crippen LogP contribution in [-0.4, -0.2) is 34.2 Å². The Hall–Kier alpha value is -1.33. The molecule has 0 aliphatic rings. The molecule has 5 heteroatoms. The molecule has 1 amide bonds. The van der Waals surface area contributed by atoms with Gasteiger partial charge in [0.05, 0.1) is 0 Å². The van der Waals surface area contributed by atoms with E-state index in [2.05, 4.69) is 50.3 Å². The lowest BCUT2D eigenvalue weighted by Crippen LogP contribution is -2.39. The maximum Gasteiger partial charge on any atom is 0.219 e. The van der Waals surface area contributed by atoms with E-state index in [-0.39, 0.29) is 11.9 Å². The molecule has 3 nitrogen and oxygen atoms in total. The predicted octanol–water partition coefficient (Wildman–Crippen LogP) is 6.38. The zero-order valence-electron chi connectivity index (χ0n) is 19.1. The fourth-order valence-corrected chi connectivity index (χ4v) is 4.54. The van der Waals surface area contributed by atoms with E-state index < -0.39 is 0 Å². The van der Waals surface area contributed by atoms with E-state index in [1.165, 1.54) is 11.1 Å². The molecule has 0 aliphatic heterocycles. The number of carbonyl (C=O) groups excluding carboxylic acids is 1. The lowest BCUT2D eigenvalue weighted by atomic mass is 10.1. The van der Waals surface area contributed by atoms with Crippen LogP contribution in [0.15, 0.2) is 47.5 Å². The van der Waals surface area contributed by atoms with Crippen LogP contribution in [0.2, 0.25) is 0 Å². The van der Waals surface area contributed by atoms with Crippen molar-refractivity contribution in [2.24, 2.45) is 5.73 Å². The minimum atomic E-state index is 0.149. The third-order valence-corrected chi connectivity index (χ3v) is 6.38. The largest absolute Gasteiger partial charge is 0.402 e. The molecule has 0 spiro atoms. The number of amides is 1. The van der Waals surface area contributed by atoms with Gasteiger partial charge in [0, 0.05) is 36.0 Å². The number of thioether (sulfide) groups is 2. The van der Waals surface area contributed by atoms with Crippen molar-refractivity contribution >= 4 is 29.4 Å². The number of nitrogens with zero attached hydrogens (tertiary/aromatic N) is 1. The van der Waals surface area contributed by atoms with Crippen LogP contribution in [0.5, 0.6) is 0 Å². The lowest BCUT2D eigenvalue weighted by Gasteiger charge is -2.28. The van der Waals surface area contributed by atoms with Crippen molar-refractivity contribution in [3.05, 3.63) is 58.6 Å². The van der Waals surface area contributed by atoms with Crippen LogP contribution in [0, 0.1) is 6.92 Å². The Morgan fingerprint density at radius 2 is 2.00 bits per heavy atom. The van der Waals surface area contributed by atoms with E-state index in [9.17, 15) is 4.79 Å². The zero-order chi connectivity index (χ0) is 22.1. The van der Waals surface area contributed by atoms with Crippen molar-refractivity contribution in [2.75, 3.05) is 17.4 Å². The molecule has 0 heterocycles. The highest BCUT2D eigenvalue weighted by Crippen LogP contribution is 2.16. The van der Waals surface area contributed by atoms with Crippen molar-refractivity contribution in [2.45, 2.75) is 66.8 Å². The van der Waals surface area contributed by atoms with Crippen LogP contribution < -0.4 is 5.73 Å². The summed E-state index contributed by atoms with van der Waals surface area (Å²) in [6.07, 6.45) is 7.41. The number of allylic oxidation sites excluding steroid dienone is 2. The molecular weight excluding hydrogens is 396 g/mol. The Balaban J connectivity index is 0.00000379. The summed E-state index contributed by atoms with van der Waals surface area (Å²) < 4.78 is 0. The number of aryl methyl sites for hydroxylation is 2. The van der Waals surface area contributed by atoms with Gasteiger partial charge in [-0.2, -0.15) is 0 Å². The Labute approximate surface area is 187 Å². The van der Waals surface area contributed by atoms with Crippen LogP contribution in [0.4, 0.5) is 0 Å². The fraction of sp³-hybridized carbons (Fsp3) is 0.542. The monoisotopic (exact) mass is 436 g/mol. The molecule has 1 aromatic carbocycles. The summed E-state index contributed by atoms with van der Waals surface area (Å²) in [4.78, 5) is 14.1. The van der Waals surface area contributed by atoms with Gasteiger partial charge in [0.2, 0.25) is 5.91 Å². The second kappa shape index (κ2) is 17.5. The molecule has 0 fully saturated rings. The first kappa shape index (κ1) is 27.7. The van der Waals surface area contributed by atoms with E-state index in [0.29, 0.717) is 0 Å². The minimum Gasteiger partial charge on any atom is -0.402 e. The summed E-state index contributed by atoms with van der Waals surface area (Å²) >= 11 is 3.55. The first-order valence-corrected chi connectivity index (χ1v) is 12.7. The van der Waals surface area contributed by atoms with Crippen molar-refractivity contribution in [3.8, 4) is 0 Å². The summed E-state index contributed by atoms with van der Waals surface area (Å²) in [5.41, 5.74) is 9.14. The number of rotatable bonds is 12. The summed E-state index contributed by atoms with van der Waals surface area (Å²) in [5, 5.41) is 2.94. The van der Waals surface area contributed by atoms with Crippen molar-refractivity contribution in [1.82, 2.24) is 4.90 Å². The molecule has 1 unspecified atom stereocenters. The molecule has 1 atom stereocenters. The van der Waals surface area contributed by atoms with Crippen LogP contribution in [0.25, 0.3) is 0 Å². The Morgan fingerprint density at radius 3 is 2.59 bits per heavy atom. The highest BCUT2D eigenvalue weighted by molar-refractivity contribution is 8.17. The Morgan fingerprint density at radius 1 is 1.28 bits per heavy atom. The highest BCUT2D eigenvalue weighted by atomic mass is 32.2. The summed E-state index contributed by atoms with van der Waals surface area (Å²) in [7, 11) is 0. The molecule has 0 saturated carbocycles. The molecule has 2 N–H and O–H groups in total. The maximum atomic E-state index is 12.1. The Bertz CT molecular complexity index is 625. The first-order chi connectivity index (χ1) is 13.9. The molecule has 0 radical (unpaired) electrons. The molecular formula is C24H40N2OS2. The quantitative estimate of drug-likeness (QED) is 0.234. The first-order valence-electron chi connectivity index (χ1n) is 10.5. The summed E-state index contributed by atoms with van der Waals surface area (Å²) in [5.74, 6) is 1.09. The predicted molar refractivity (Wildman–Crippen MR) is 134 cm³/mol. The number of carbonyl (C=O) groups is 1. The van der Waals surface area contributed by atoms with Crippen LogP contribution in [-0.2, 0) is 11.2 Å². The molecule has 0 aromatic heterocycles. The highest BCUT2D eigenvalue weighted by Gasteiger charge is 2.16. The molecule has 1 rings (SSSR count). The number of hydrogen-bond donors (Lipinski definition) is 1. The van der Waals surface area contributed by atoms with Gasteiger partial charge in [-0.25, -0.2) is 0 Å². The lowest BCUT2D eigenvalue weighted by molar-refractivity contribution is -0.130. The van der Waals surface area contributed by atoms with E-state index in [0.717, 1.165) is 42.3 Å². The van der Waals surface area contributed by atoms with E-state index in [1.807, 2.05) is 42.8 Å². The summed E-state index contributed by atoms with van der Waals surface area (Å²) in [6, 6.07) is 8.84.